The number of rotatable bonds is 6. The summed E-state index contributed by atoms with van der Waals surface area (Å²) in [4.78, 5) is 29.8. The number of benzene rings is 1. The van der Waals surface area contributed by atoms with Crippen molar-refractivity contribution in [2.24, 2.45) is 0 Å². The van der Waals surface area contributed by atoms with Gasteiger partial charge in [0.05, 0.1) is 5.69 Å². The van der Waals surface area contributed by atoms with Crippen LogP contribution in [0, 0.1) is 6.92 Å². The van der Waals surface area contributed by atoms with E-state index in [2.05, 4.69) is 15.4 Å². The summed E-state index contributed by atoms with van der Waals surface area (Å²) < 4.78 is 1.65. The number of aromatic nitrogens is 3. The molecule has 0 atom stereocenters. The van der Waals surface area contributed by atoms with Gasteiger partial charge in [0.1, 0.15) is 5.82 Å². The van der Waals surface area contributed by atoms with E-state index in [0.717, 1.165) is 25.1 Å². The van der Waals surface area contributed by atoms with E-state index in [-0.39, 0.29) is 17.6 Å². The number of carbonyl (C=O) groups excluding carboxylic acids is 2. The molecule has 126 valence electrons. The van der Waals surface area contributed by atoms with Crippen LogP contribution in [0.5, 0.6) is 0 Å². The second-order valence-electron chi connectivity index (χ2n) is 5.82. The largest absolute Gasteiger partial charge is 0.349 e. The Labute approximate surface area is 140 Å². The number of nitrogens with one attached hydrogen (secondary N) is 1. The molecule has 2 heterocycles. The zero-order valence-corrected chi connectivity index (χ0v) is 13.7. The van der Waals surface area contributed by atoms with E-state index in [9.17, 15) is 9.59 Å². The fourth-order valence-electron chi connectivity index (χ4n) is 2.79. The predicted molar refractivity (Wildman–Crippen MR) is 88.9 cm³/mol. The monoisotopic (exact) mass is 327 g/mol. The Balaban J connectivity index is 1.53. The minimum absolute atomic E-state index is 0.161. The molecule has 7 heteroatoms. The first kappa shape index (κ1) is 16.2. The second-order valence-corrected chi connectivity index (χ2v) is 5.82. The molecule has 24 heavy (non-hydrogen) atoms. The van der Waals surface area contributed by atoms with Crippen molar-refractivity contribution in [3.05, 3.63) is 42.0 Å². The van der Waals surface area contributed by atoms with E-state index in [1.165, 1.54) is 0 Å². The summed E-state index contributed by atoms with van der Waals surface area (Å²) in [5, 5.41) is 7.09. The smallest absolute Gasteiger partial charge is 0.290 e. The minimum Gasteiger partial charge on any atom is -0.349 e. The molecular weight excluding hydrogens is 306 g/mol. The fourth-order valence-corrected chi connectivity index (χ4v) is 2.79. The molecule has 0 unspecified atom stereocenters. The van der Waals surface area contributed by atoms with Gasteiger partial charge in [-0.2, -0.15) is 0 Å². The van der Waals surface area contributed by atoms with Gasteiger partial charge in [-0.1, -0.05) is 18.2 Å². The van der Waals surface area contributed by atoms with E-state index >= 15 is 0 Å². The summed E-state index contributed by atoms with van der Waals surface area (Å²) in [7, 11) is 0. The van der Waals surface area contributed by atoms with E-state index in [1.54, 1.807) is 4.68 Å². The van der Waals surface area contributed by atoms with Gasteiger partial charge in [-0.25, -0.2) is 9.67 Å². The van der Waals surface area contributed by atoms with Crippen molar-refractivity contribution in [3.63, 3.8) is 0 Å². The lowest BCUT2D eigenvalue weighted by atomic mass is 10.3. The molecule has 1 saturated heterocycles. The molecule has 0 saturated carbocycles. The molecule has 2 aromatic rings. The van der Waals surface area contributed by atoms with Crippen molar-refractivity contribution in [2.75, 3.05) is 19.6 Å². The van der Waals surface area contributed by atoms with Gasteiger partial charge in [0.2, 0.25) is 11.7 Å². The van der Waals surface area contributed by atoms with Gasteiger partial charge in [-0.05, 0) is 31.9 Å². The maximum atomic E-state index is 12.2. The predicted octanol–water partition coefficient (Wildman–Crippen LogP) is 1.32. The topological polar surface area (TPSA) is 80.1 Å². The molecule has 1 fully saturated rings. The fraction of sp³-hybridized carbons (Fsp3) is 0.412. The Morgan fingerprint density at radius 1 is 1.29 bits per heavy atom. The highest BCUT2D eigenvalue weighted by Crippen LogP contribution is 2.10. The van der Waals surface area contributed by atoms with E-state index in [1.807, 2.05) is 42.2 Å². The van der Waals surface area contributed by atoms with Crippen LogP contribution >= 0.6 is 0 Å². The van der Waals surface area contributed by atoms with Crippen LogP contribution < -0.4 is 5.32 Å². The standard InChI is InChI=1S/C17H21N5O2/c1-13-19-16(20-22(13)14-7-3-2-4-8-14)17(24)18-10-6-12-21-11-5-9-15(21)23/h2-4,7-8H,5-6,9-12H2,1H3,(H,18,24). The number of hydrogen-bond acceptors (Lipinski definition) is 4. The first-order chi connectivity index (χ1) is 11.6. The average Bonchev–Trinajstić information content (AvgIpc) is 3.18. The number of aryl methyl sites for hydroxylation is 1. The van der Waals surface area contributed by atoms with Crippen LogP contribution in [0.4, 0.5) is 0 Å². The van der Waals surface area contributed by atoms with Crippen molar-refractivity contribution in [3.8, 4) is 5.69 Å². The van der Waals surface area contributed by atoms with Crippen molar-refractivity contribution >= 4 is 11.8 Å². The molecule has 1 aliphatic rings. The highest BCUT2D eigenvalue weighted by atomic mass is 16.2. The van der Waals surface area contributed by atoms with Crippen LogP contribution in [0.3, 0.4) is 0 Å². The van der Waals surface area contributed by atoms with Gasteiger partial charge in [0, 0.05) is 26.1 Å². The lowest BCUT2D eigenvalue weighted by Crippen LogP contribution is -2.31. The number of carbonyl (C=O) groups is 2. The van der Waals surface area contributed by atoms with Gasteiger partial charge in [-0.3, -0.25) is 9.59 Å². The summed E-state index contributed by atoms with van der Waals surface area (Å²) in [6.07, 6.45) is 2.31. The molecular formula is C17H21N5O2. The molecule has 1 aromatic carbocycles. The van der Waals surface area contributed by atoms with Crippen molar-refractivity contribution in [1.29, 1.82) is 0 Å². The summed E-state index contributed by atoms with van der Waals surface area (Å²) in [6, 6.07) is 9.58. The molecule has 0 radical (unpaired) electrons. The van der Waals surface area contributed by atoms with Crippen LogP contribution in [-0.2, 0) is 4.79 Å². The van der Waals surface area contributed by atoms with Crippen LogP contribution in [0.2, 0.25) is 0 Å². The maximum Gasteiger partial charge on any atom is 0.290 e. The van der Waals surface area contributed by atoms with Crippen molar-refractivity contribution < 1.29 is 9.59 Å². The maximum absolute atomic E-state index is 12.2. The van der Waals surface area contributed by atoms with E-state index < -0.39 is 0 Å². The Bertz CT molecular complexity index is 726. The SMILES string of the molecule is Cc1nc(C(=O)NCCCN2CCCC2=O)nn1-c1ccccc1. The third-order valence-corrected chi connectivity index (χ3v) is 4.03. The Hall–Kier alpha value is -2.70. The van der Waals surface area contributed by atoms with E-state index in [4.69, 9.17) is 0 Å². The van der Waals surface area contributed by atoms with Gasteiger partial charge in [0.25, 0.3) is 5.91 Å². The lowest BCUT2D eigenvalue weighted by molar-refractivity contribution is -0.127. The first-order valence-electron chi connectivity index (χ1n) is 8.20. The number of para-hydroxylation sites is 1. The number of hydrogen-bond donors (Lipinski definition) is 1. The zero-order valence-electron chi connectivity index (χ0n) is 13.7. The molecule has 1 aliphatic heterocycles. The lowest BCUT2D eigenvalue weighted by Gasteiger charge is -2.14. The molecule has 1 N–H and O–H groups in total. The summed E-state index contributed by atoms with van der Waals surface area (Å²) in [6.45, 7) is 3.83. The summed E-state index contributed by atoms with van der Waals surface area (Å²) >= 11 is 0. The third-order valence-electron chi connectivity index (χ3n) is 4.03. The Kier molecular flexibility index (Phi) is 4.88. The van der Waals surface area contributed by atoms with E-state index in [0.29, 0.717) is 25.3 Å². The quantitative estimate of drug-likeness (QED) is 0.812. The summed E-state index contributed by atoms with van der Waals surface area (Å²) in [5.74, 6) is 0.739. The van der Waals surface area contributed by atoms with Gasteiger partial charge < -0.3 is 10.2 Å². The number of amides is 2. The Morgan fingerprint density at radius 3 is 2.79 bits per heavy atom. The highest BCUT2D eigenvalue weighted by molar-refractivity contribution is 5.90. The first-order valence-corrected chi connectivity index (χ1v) is 8.20. The average molecular weight is 327 g/mol. The van der Waals surface area contributed by atoms with Gasteiger partial charge in [-0.15, -0.1) is 5.10 Å². The summed E-state index contributed by atoms with van der Waals surface area (Å²) in [5.41, 5.74) is 0.870. The number of likely N-dealkylation sites (tertiary alicyclic amines) is 1. The molecule has 0 bridgehead atoms. The Morgan fingerprint density at radius 2 is 2.08 bits per heavy atom. The van der Waals surface area contributed by atoms with Crippen LogP contribution in [0.25, 0.3) is 5.69 Å². The molecule has 0 spiro atoms. The molecule has 7 nitrogen and oxygen atoms in total. The number of nitrogens with zero attached hydrogens (tertiary/aromatic N) is 4. The van der Waals surface area contributed by atoms with Crippen molar-refractivity contribution in [1.82, 2.24) is 25.0 Å². The normalized spacial score (nSPS) is 14.2. The minimum atomic E-state index is -0.291. The zero-order chi connectivity index (χ0) is 16.9. The van der Waals surface area contributed by atoms with Gasteiger partial charge >= 0.3 is 0 Å². The van der Waals surface area contributed by atoms with Crippen LogP contribution in [0.15, 0.2) is 30.3 Å². The third kappa shape index (κ3) is 3.61. The van der Waals surface area contributed by atoms with Gasteiger partial charge in [0.15, 0.2) is 0 Å². The highest BCUT2D eigenvalue weighted by Gasteiger charge is 2.19. The molecule has 0 aliphatic carbocycles. The van der Waals surface area contributed by atoms with Crippen LogP contribution in [0.1, 0.15) is 35.7 Å². The van der Waals surface area contributed by atoms with Crippen molar-refractivity contribution in [2.45, 2.75) is 26.2 Å². The van der Waals surface area contributed by atoms with Crippen LogP contribution in [-0.4, -0.2) is 51.1 Å². The molecule has 1 aromatic heterocycles. The molecule has 2 amide bonds. The second kappa shape index (κ2) is 7.25. The molecule has 3 rings (SSSR count).